The fourth-order valence-corrected chi connectivity index (χ4v) is 5.39. The zero-order valence-electron chi connectivity index (χ0n) is 16.7. The Morgan fingerprint density at radius 1 is 1.16 bits per heavy atom. The number of nitrogens with one attached hydrogen (secondary N) is 4. The number of carbonyl (C=O) groups is 1. The molecule has 11 nitrogen and oxygen atoms in total. The second-order valence-corrected chi connectivity index (χ2v) is 10.4. The lowest BCUT2D eigenvalue weighted by molar-refractivity contribution is 0.112. The van der Waals surface area contributed by atoms with Gasteiger partial charge < -0.3 is 20.7 Å². The van der Waals surface area contributed by atoms with Gasteiger partial charge in [0.15, 0.2) is 0 Å². The van der Waals surface area contributed by atoms with E-state index in [-0.39, 0.29) is 33.3 Å². The maximum absolute atomic E-state index is 12.7. The fourth-order valence-electron chi connectivity index (χ4n) is 3.25. The molecule has 2 aliphatic heterocycles. The minimum atomic E-state index is -4.06. The van der Waals surface area contributed by atoms with Crippen LogP contribution in [0.25, 0.3) is 0 Å². The number of hydrogen-bond donors (Lipinski definition) is 4. The Labute approximate surface area is 185 Å². The van der Waals surface area contributed by atoms with Gasteiger partial charge in [0.25, 0.3) is 20.0 Å². The van der Waals surface area contributed by atoms with Crippen LogP contribution in [0.2, 0.25) is 0 Å². The van der Waals surface area contributed by atoms with Crippen molar-refractivity contribution in [3.05, 3.63) is 42.5 Å². The topological polar surface area (TPSA) is 155 Å². The van der Waals surface area contributed by atoms with Gasteiger partial charge in [-0.05, 0) is 55.3 Å². The summed E-state index contributed by atoms with van der Waals surface area (Å²) in [6.07, 6.45) is 2.95. The molecule has 13 heteroatoms. The van der Waals surface area contributed by atoms with E-state index in [1.54, 1.807) is 12.1 Å². The number of anilines is 3. The van der Waals surface area contributed by atoms with Gasteiger partial charge in [-0.15, -0.1) is 4.40 Å². The highest BCUT2D eigenvalue weighted by Gasteiger charge is 2.24. The number of hydrogen-bond acceptors (Lipinski definition) is 7. The highest BCUT2D eigenvalue weighted by molar-refractivity contribution is 7.93. The molecule has 2 aromatic rings. The van der Waals surface area contributed by atoms with Gasteiger partial charge in [-0.1, -0.05) is 0 Å². The Bertz CT molecular complexity index is 1250. The monoisotopic (exact) mass is 479 g/mol. The van der Waals surface area contributed by atoms with E-state index in [0.29, 0.717) is 18.8 Å². The number of fused-ring (bicyclic) bond motifs is 1. The lowest BCUT2D eigenvalue weighted by Crippen LogP contribution is -2.35. The third-order valence-corrected chi connectivity index (χ3v) is 7.52. The average Bonchev–Trinajstić information content (AvgIpc) is 3.27. The summed E-state index contributed by atoms with van der Waals surface area (Å²) in [6.45, 7) is 1.12. The molecule has 0 aliphatic carbocycles. The summed E-state index contributed by atoms with van der Waals surface area (Å²) in [5.41, 5.74) is 0.959. The van der Waals surface area contributed by atoms with Crippen LogP contribution in [0.1, 0.15) is 12.8 Å². The van der Waals surface area contributed by atoms with Crippen LogP contribution in [-0.4, -0.2) is 48.5 Å². The Hall–Kier alpha value is -3.16. The molecule has 170 valence electrons. The first kappa shape index (κ1) is 22.0. The minimum Gasteiger partial charge on any atom is -0.376 e. The number of sulfonamides is 2. The van der Waals surface area contributed by atoms with E-state index < -0.39 is 20.0 Å². The van der Waals surface area contributed by atoms with Crippen molar-refractivity contribution in [1.82, 2.24) is 5.32 Å². The van der Waals surface area contributed by atoms with E-state index in [0.717, 1.165) is 25.2 Å². The highest BCUT2D eigenvalue weighted by Crippen LogP contribution is 2.29. The zero-order chi connectivity index (χ0) is 22.8. The molecule has 1 atom stereocenters. The van der Waals surface area contributed by atoms with Crippen molar-refractivity contribution in [3.63, 3.8) is 0 Å². The van der Waals surface area contributed by atoms with Crippen molar-refractivity contribution >= 4 is 49.5 Å². The quantitative estimate of drug-likeness (QED) is 0.493. The Morgan fingerprint density at radius 2 is 1.91 bits per heavy atom. The summed E-state index contributed by atoms with van der Waals surface area (Å²) < 4.78 is 60.7. The van der Waals surface area contributed by atoms with Crippen LogP contribution in [0.5, 0.6) is 0 Å². The summed E-state index contributed by atoms with van der Waals surface area (Å²) >= 11 is 0. The van der Waals surface area contributed by atoms with Gasteiger partial charge in [0.2, 0.25) is 0 Å². The van der Waals surface area contributed by atoms with Crippen molar-refractivity contribution in [2.75, 3.05) is 28.5 Å². The van der Waals surface area contributed by atoms with Crippen molar-refractivity contribution in [2.45, 2.75) is 28.7 Å². The fraction of sp³-hybridized carbons (Fsp3) is 0.263. The van der Waals surface area contributed by atoms with Crippen LogP contribution in [0.3, 0.4) is 0 Å². The van der Waals surface area contributed by atoms with Crippen LogP contribution in [0.4, 0.5) is 21.9 Å². The van der Waals surface area contributed by atoms with Crippen molar-refractivity contribution < 1.29 is 26.4 Å². The summed E-state index contributed by atoms with van der Waals surface area (Å²) in [6, 6.07) is 9.35. The molecular formula is C19H21N5O6S2. The number of amides is 2. The molecule has 1 unspecified atom stereocenters. The van der Waals surface area contributed by atoms with Crippen molar-refractivity contribution in [3.8, 4) is 0 Å². The molecule has 0 radical (unpaired) electrons. The van der Waals surface area contributed by atoms with E-state index in [4.69, 9.17) is 4.74 Å². The molecule has 2 aliphatic rings. The predicted molar refractivity (Wildman–Crippen MR) is 119 cm³/mol. The largest absolute Gasteiger partial charge is 0.376 e. The molecule has 2 heterocycles. The maximum Gasteiger partial charge on any atom is 0.319 e. The Kier molecular flexibility index (Phi) is 6.04. The van der Waals surface area contributed by atoms with E-state index in [9.17, 15) is 21.6 Å². The molecule has 2 amide bonds. The van der Waals surface area contributed by atoms with Gasteiger partial charge in [0.05, 0.1) is 16.7 Å². The van der Waals surface area contributed by atoms with Gasteiger partial charge >= 0.3 is 6.03 Å². The normalized spacial score (nSPS) is 18.9. The van der Waals surface area contributed by atoms with Crippen LogP contribution < -0.4 is 20.7 Å². The number of rotatable bonds is 6. The first-order chi connectivity index (χ1) is 15.2. The second-order valence-electron chi connectivity index (χ2n) is 7.16. The second kappa shape index (κ2) is 8.76. The molecule has 4 rings (SSSR count). The summed E-state index contributed by atoms with van der Waals surface area (Å²) in [7, 11) is -8.02. The smallest absolute Gasteiger partial charge is 0.319 e. The van der Waals surface area contributed by atoms with Gasteiger partial charge in [-0.25, -0.2) is 13.2 Å². The van der Waals surface area contributed by atoms with E-state index in [2.05, 4.69) is 25.1 Å². The van der Waals surface area contributed by atoms with E-state index in [1.807, 2.05) is 0 Å². The van der Waals surface area contributed by atoms with Crippen LogP contribution >= 0.6 is 0 Å². The standard InChI is InChI=1S/C19H21N5O6S2/c25-19(20-11-15-2-1-9-30-15)23-13-3-5-14(6-4-13)24-31(26,27)16-7-8-17-18(10-16)32(28,29)22-12-21-17/h3-8,10,12,15,24H,1-2,9,11H2,(H,21,22)(H2,20,23,25). The first-order valence-electron chi connectivity index (χ1n) is 9.72. The molecular weight excluding hydrogens is 458 g/mol. The third kappa shape index (κ3) is 5.00. The summed E-state index contributed by atoms with van der Waals surface area (Å²) in [4.78, 5) is 11.5. The molecule has 0 aromatic heterocycles. The van der Waals surface area contributed by atoms with Crippen LogP contribution in [-0.2, 0) is 24.8 Å². The molecule has 0 spiro atoms. The van der Waals surface area contributed by atoms with Crippen LogP contribution in [0, 0.1) is 0 Å². The van der Waals surface area contributed by atoms with Gasteiger partial charge in [0.1, 0.15) is 11.2 Å². The molecule has 4 N–H and O–H groups in total. The SMILES string of the molecule is O=C(NCC1CCCO1)Nc1ccc(NS(=O)(=O)c2ccc3c(c2)S(=O)(=O)N=CN3)cc1. The Morgan fingerprint density at radius 3 is 2.62 bits per heavy atom. The lowest BCUT2D eigenvalue weighted by Gasteiger charge is -2.15. The van der Waals surface area contributed by atoms with Gasteiger partial charge in [0, 0.05) is 24.5 Å². The van der Waals surface area contributed by atoms with Crippen LogP contribution in [0.15, 0.2) is 56.7 Å². The van der Waals surface area contributed by atoms with Crippen molar-refractivity contribution in [2.24, 2.45) is 4.40 Å². The van der Waals surface area contributed by atoms with Gasteiger partial charge in [-0.2, -0.15) is 8.42 Å². The molecule has 1 saturated heterocycles. The minimum absolute atomic E-state index is 0.0266. The number of benzene rings is 2. The molecule has 0 bridgehead atoms. The first-order valence-corrected chi connectivity index (χ1v) is 12.6. The summed E-state index contributed by atoms with van der Waals surface area (Å²) in [5.74, 6) is 0. The van der Waals surface area contributed by atoms with Crippen molar-refractivity contribution in [1.29, 1.82) is 0 Å². The number of ether oxygens (including phenoxy) is 1. The van der Waals surface area contributed by atoms with E-state index in [1.165, 1.54) is 24.3 Å². The average molecular weight is 480 g/mol. The van der Waals surface area contributed by atoms with Gasteiger partial charge in [-0.3, -0.25) is 4.72 Å². The maximum atomic E-state index is 12.7. The number of carbonyl (C=O) groups excluding carboxylic acids is 1. The number of nitrogens with zero attached hydrogens (tertiary/aromatic N) is 1. The Balaban J connectivity index is 1.40. The molecule has 2 aromatic carbocycles. The molecule has 0 saturated carbocycles. The third-order valence-electron chi connectivity index (χ3n) is 4.86. The lowest BCUT2D eigenvalue weighted by atomic mass is 10.2. The molecule has 32 heavy (non-hydrogen) atoms. The summed E-state index contributed by atoms with van der Waals surface area (Å²) in [5, 5.41) is 8.05. The number of urea groups is 1. The van der Waals surface area contributed by atoms with E-state index >= 15 is 0 Å². The molecule has 1 fully saturated rings. The predicted octanol–water partition coefficient (Wildman–Crippen LogP) is 1.93. The highest BCUT2D eigenvalue weighted by atomic mass is 32.2. The zero-order valence-corrected chi connectivity index (χ0v) is 18.4.